The summed E-state index contributed by atoms with van der Waals surface area (Å²) < 4.78 is 5.23. The van der Waals surface area contributed by atoms with E-state index in [2.05, 4.69) is 11.8 Å². The van der Waals surface area contributed by atoms with Gasteiger partial charge in [0.15, 0.2) is 6.07 Å². The average molecular weight is 167 g/mol. The van der Waals surface area contributed by atoms with Crippen molar-refractivity contribution in [3.8, 4) is 17.9 Å². The number of furan rings is 1. The number of para-hydroxylation sites is 1. The molecular formula is C11H5NO. The van der Waals surface area contributed by atoms with Crippen molar-refractivity contribution in [2.24, 2.45) is 0 Å². The molecule has 1 aromatic heterocycles. The smallest absolute Gasteiger partial charge is 0.152 e. The minimum Gasteiger partial charge on any atom is -0.463 e. The van der Waals surface area contributed by atoms with Gasteiger partial charge in [-0.15, -0.1) is 0 Å². The summed E-state index contributed by atoms with van der Waals surface area (Å²) in [5.41, 5.74) is 1.56. The minimum absolute atomic E-state index is 0.761. The number of nitriles is 1. The van der Waals surface area contributed by atoms with Gasteiger partial charge in [0, 0.05) is 11.3 Å². The maximum absolute atomic E-state index is 8.28. The van der Waals surface area contributed by atoms with Crippen LogP contribution in [0.4, 0.5) is 0 Å². The molecule has 0 aliphatic rings. The molecule has 60 valence electrons. The van der Waals surface area contributed by atoms with Gasteiger partial charge in [-0.3, -0.25) is 0 Å². The van der Waals surface area contributed by atoms with Gasteiger partial charge >= 0.3 is 0 Å². The highest BCUT2D eigenvalue weighted by Crippen LogP contribution is 2.19. The normalized spacial score (nSPS) is 8.85. The Balaban J connectivity index is 2.66. The van der Waals surface area contributed by atoms with Crippen LogP contribution in [0.1, 0.15) is 5.56 Å². The Kier molecular flexibility index (Phi) is 1.75. The Hall–Kier alpha value is -2.19. The van der Waals surface area contributed by atoms with Gasteiger partial charge in [0.25, 0.3) is 0 Å². The molecule has 0 fully saturated rings. The third kappa shape index (κ3) is 1.26. The molecule has 0 saturated heterocycles. The fourth-order valence-electron chi connectivity index (χ4n) is 1.17. The molecule has 0 unspecified atom stereocenters. The van der Waals surface area contributed by atoms with Gasteiger partial charge in [-0.2, -0.15) is 5.26 Å². The number of benzene rings is 1. The summed E-state index contributed by atoms with van der Waals surface area (Å²) in [7, 11) is 0. The van der Waals surface area contributed by atoms with Crippen molar-refractivity contribution in [3.05, 3.63) is 36.1 Å². The molecule has 0 aliphatic carbocycles. The SMILES string of the molecule is N#CC#Cc1coc2ccccc12. The fourth-order valence-corrected chi connectivity index (χ4v) is 1.17. The standard InChI is InChI=1S/C11H5NO/c12-7-3-4-9-8-13-11-6-2-1-5-10(9)11/h1-2,5-6,8H. The summed E-state index contributed by atoms with van der Waals surface area (Å²) in [6, 6.07) is 9.36. The van der Waals surface area contributed by atoms with Crippen LogP contribution in [0.5, 0.6) is 0 Å². The van der Waals surface area contributed by atoms with Crippen molar-refractivity contribution in [1.82, 2.24) is 0 Å². The summed E-state index contributed by atoms with van der Waals surface area (Å²) in [6.07, 6.45) is 1.56. The summed E-state index contributed by atoms with van der Waals surface area (Å²) in [5.74, 6) is 5.05. The molecule has 1 aromatic carbocycles. The number of hydrogen-bond donors (Lipinski definition) is 0. The van der Waals surface area contributed by atoms with Gasteiger partial charge in [-0.25, -0.2) is 0 Å². The molecule has 0 bridgehead atoms. The van der Waals surface area contributed by atoms with E-state index in [9.17, 15) is 0 Å². The fraction of sp³-hybridized carbons (Fsp3) is 0. The van der Waals surface area contributed by atoms with E-state index in [1.165, 1.54) is 0 Å². The number of rotatable bonds is 0. The zero-order chi connectivity index (χ0) is 9.10. The van der Waals surface area contributed by atoms with Gasteiger partial charge < -0.3 is 4.42 Å². The van der Waals surface area contributed by atoms with Crippen molar-refractivity contribution in [3.63, 3.8) is 0 Å². The largest absolute Gasteiger partial charge is 0.463 e. The average Bonchev–Trinajstić information content (AvgIpc) is 2.58. The van der Waals surface area contributed by atoms with Gasteiger partial charge in [-0.05, 0) is 18.1 Å². The zero-order valence-electron chi connectivity index (χ0n) is 6.74. The molecule has 2 nitrogen and oxygen atoms in total. The van der Waals surface area contributed by atoms with E-state index in [0.29, 0.717) is 0 Å². The monoisotopic (exact) mass is 167 g/mol. The van der Waals surface area contributed by atoms with E-state index in [-0.39, 0.29) is 0 Å². The highest BCUT2D eigenvalue weighted by atomic mass is 16.3. The van der Waals surface area contributed by atoms with Crippen LogP contribution in [0.3, 0.4) is 0 Å². The summed E-state index contributed by atoms with van der Waals surface area (Å²) in [6.45, 7) is 0. The van der Waals surface area contributed by atoms with Crippen LogP contribution >= 0.6 is 0 Å². The molecule has 0 saturated carbocycles. The molecule has 1 heterocycles. The first-order valence-corrected chi connectivity index (χ1v) is 3.78. The number of fused-ring (bicyclic) bond motifs is 1. The molecule has 2 heteroatoms. The predicted molar refractivity (Wildman–Crippen MR) is 48.7 cm³/mol. The molecule has 0 amide bonds. The Bertz CT molecular complexity index is 534. The second-order valence-corrected chi connectivity index (χ2v) is 2.51. The van der Waals surface area contributed by atoms with Gasteiger partial charge in [0.2, 0.25) is 0 Å². The highest BCUT2D eigenvalue weighted by Gasteiger charge is 2.00. The van der Waals surface area contributed by atoms with E-state index in [1.54, 1.807) is 12.3 Å². The zero-order valence-corrected chi connectivity index (χ0v) is 6.74. The highest BCUT2D eigenvalue weighted by molar-refractivity contribution is 5.83. The first-order valence-electron chi connectivity index (χ1n) is 3.78. The van der Waals surface area contributed by atoms with E-state index in [0.717, 1.165) is 16.5 Å². The third-order valence-corrected chi connectivity index (χ3v) is 1.73. The van der Waals surface area contributed by atoms with Crippen molar-refractivity contribution in [1.29, 1.82) is 5.26 Å². The van der Waals surface area contributed by atoms with Crippen LogP contribution in [0.25, 0.3) is 11.0 Å². The van der Waals surface area contributed by atoms with Gasteiger partial charge in [-0.1, -0.05) is 12.1 Å². The lowest BCUT2D eigenvalue weighted by molar-refractivity contribution is 0.615. The Labute approximate surface area is 75.4 Å². The molecule has 0 spiro atoms. The van der Waals surface area contributed by atoms with Crippen molar-refractivity contribution < 1.29 is 4.42 Å². The Morgan fingerprint density at radius 2 is 2.08 bits per heavy atom. The maximum Gasteiger partial charge on any atom is 0.152 e. The molecule has 0 radical (unpaired) electrons. The molecule has 0 N–H and O–H groups in total. The summed E-state index contributed by atoms with van der Waals surface area (Å²) in [5, 5.41) is 9.23. The lowest BCUT2D eigenvalue weighted by atomic mass is 10.2. The predicted octanol–water partition coefficient (Wildman–Crippen LogP) is 2.31. The first kappa shape index (κ1) is 7.46. The van der Waals surface area contributed by atoms with E-state index >= 15 is 0 Å². The van der Waals surface area contributed by atoms with Crippen LogP contribution in [-0.4, -0.2) is 0 Å². The maximum atomic E-state index is 8.28. The second-order valence-electron chi connectivity index (χ2n) is 2.51. The lowest BCUT2D eigenvalue weighted by Crippen LogP contribution is -1.68. The third-order valence-electron chi connectivity index (χ3n) is 1.73. The molecule has 2 rings (SSSR count). The van der Waals surface area contributed by atoms with E-state index < -0.39 is 0 Å². The molecule has 2 aromatic rings. The van der Waals surface area contributed by atoms with Crippen LogP contribution in [0, 0.1) is 23.2 Å². The molecule has 0 aliphatic heterocycles. The van der Waals surface area contributed by atoms with Crippen LogP contribution in [-0.2, 0) is 0 Å². The van der Waals surface area contributed by atoms with Gasteiger partial charge in [0.1, 0.15) is 11.8 Å². The first-order chi connectivity index (χ1) is 6.42. The van der Waals surface area contributed by atoms with Crippen molar-refractivity contribution in [2.45, 2.75) is 0 Å². The molecule has 0 atom stereocenters. The van der Waals surface area contributed by atoms with E-state index in [1.807, 2.05) is 24.3 Å². The molecule has 13 heavy (non-hydrogen) atoms. The van der Waals surface area contributed by atoms with Gasteiger partial charge in [0.05, 0.1) is 5.56 Å². The molecular weight excluding hydrogens is 162 g/mol. The minimum atomic E-state index is 0.761. The topological polar surface area (TPSA) is 36.9 Å². The second kappa shape index (κ2) is 3.05. The van der Waals surface area contributed by atoms with E-state index in [4.69, 9.17) is 9.68 Å². The Morgan fingerprint density at radius 3 is 2.92 bits per heavy atom. The number of nitrogens with zero attached hydrogens (tertiary/aromatic N) is 1. The summed E-state index contributed by atoms with van der Waals surface area (Å²) in [4.78, 5) is 0. The van der Waals surface area contributed by atoms with Crippen molar-refractivity contribution in [2.75, 3.05) is 0 Å². The number of hydrogen-bond acceptors (Lipinski definition) is 2. The Morgan fingerprint density at radius 1 is 1.23 bits per heavy atom. The van der Waals surface area contributed by atoms with Crippen molar-refractivity contribution >= 4 is 11.0 Å². The summed E-state index contributed by atoms with van der Waals surface area (Å²) >= 11 is 0. The lowest BCUT2D eigenvalue weighted by Gasteiger charge is -1.84. The van der Waals surface area contributed by atoms with Crippen LogP contribution < -0.4 is 0 Å². The quantitative estimate of drug-likeness (QED) is 0.564. The van der Waals surface area contributed by atoms with Crippen LogP contribution in [0.2, 0.25) is 0 Å². The van der Waals surface area contributed by atoms with Crippen LogP contribution in [0.15, 0.2) is 34.9 Å².